The summed E-state index contributed by atoms with van der Waals surface area (Å²) in [6.45, 7) is 6.38. The molecule has 8 heteroatoms. The van der Waals surface area contributed by atoms with Crippen LogP contribution in [0.1, 0.15) is 44.0 Å². The number of benzene rings is 1. The maximum atomic E-state index is 13.9. The molecule has 4 aromatic heterocycles. The van der Waals surface area contributed by atoms with Crippen molar-refractivity contribution in [3.05, 3.63) is 71.6 Å². The van der Waals surface area contributed by atoms with Crippen molar-refractivity contribution in [1.29, 1.82) is 0 Å². The third-order valence-electron chi connectivity index (χ3n) is 6.57. The zero-order valence-electron chi connectivity index (χ0n) is 19.4. The quantitative estimate of drug-likeness (QED) is 0.397. The van der Waals surface area contributed by atoms with Gasteiger partial charge in [-0.2, -0.15) is 14.6 Å². The predicted molar refractivity (Wildman–Crippen MR) is 130 cm³/mol. The third-order valence-corrected chi connectivity index (χ3v) is 6.57. The van der Waals surface area contributed by atoms with E-state index >= 15 is 0 Å². The van der Waals surface area contributed by atoms with Crippen LogP contribution in [0.2, 0.25) is 0 Å². The summed E-state index contributed by atoms with van der Waals surface area (Å²) >= 11 is 0. The molecular weight excluding hydrogens is 429 g/mol. The number of hydrogen-bond donors (Lipinski definition) is 2. The van der Waals surface area contributed by atoms with E-state index in [9.17, 15) is 4.39 Å². The molecule has 34 heavy (non-hydrogen) atoms. The number of anilines is 1. The lowest BCUT2D eigenvalue weighted by atomic mass is 9.89. The van der Waals surface area contributed by atoms with Crippen LogP contribution in [0.25, 0.3) is 27.9 Å². The first kappa shape index (κ1) is 20.8. The number of aromatic amines is 1. The summed E-state index contributed by atoms with van der Waals surface area (Å²) in [6.07, 6.45) is 7.43. The average Bonchev–Trinajstić information content (AvgIpc) is 3.41. The molecule has 0 spiro atoms. The van der Waals surface area contributed by atoms with Crippen molar-refractivity contribution < 1.29 is 4.39 Å². The lowest BCUT2D eigenvalue weighted by Gasteiger charge is -2.24. The van der Waals surface area contributed by atoms with Crippen molar-refractivity contribution in [2.45, 2.75) is 51.5 Å². The fourth-order valence-corrected chi connectivity index (χ4v) is 4.84. The number of aromatic nitrogens is 6. The number of nitrogens with one attached hydrogen (secondary N) is 2. The van der Waals surface area contributed by atoms with Gasteiger partial charge in [-0.25, -0.2) is 9.37 Å². The normalized spacial score (nSPS) is 16.2. The zero-order chi connectivity index (χ0) is 23.4. The molecule has 4 heterocycles. The van der Waals surface area contributed by atoms with Gasteiger partial charge in [0.15, 0.2) is 11.5 Å². The Hall–Kier alpha value is -3.81. The van der Waals surface area contributed by atoms with Crippen molar-refractivity contribution in [2.75, 3.05) is 5.32 Å². The van der Waals surface area contributed by atoms with Gasteiger partial charge in [-0.3, -0.25) is 4.98 Å². The van der Waals surface area contributed by atoms with Crippen LogP contribution in [-0.2, 0) is 18.3 Å². The highest BCUT2D eigenvalue weighted by Crippen LogP contribution is 2.32. The van der Waals surface area contributed by atoms with E-state index in [-0.39, 0.29) is 11.5 Å². The molecule has 0 aliphatic heterocycles. The van der Waals surface area contributed by atoms with E-state index in [2.05, 4.69) is 65.4 Å². The molecule has 1 atom stereocenters. The monoisotopic (exact) mass is 455 g/mol. The number of fused-ring (bicyclic) bond motifs is 4. The molecule has 6 rings (SSSR count). The number of para-hydroxylation sites is 1. The van der Waals surface area contributed by atoms with Crippen molar-refractivity contribution in [2.24, 2.45) is 0 Å². The van der Waals surface area contributed by atoms with Crippen molar-refractivity contribution >= 4 is 22.5 Å². The SMILES string of the molecule is CC(C)(C)c1cnn2c(N[C@@H]3CCc4[nH]c5ccccc5c4C3)nc(-c3cncc(F)c3)nc12. The van der Waals surface area contributed by atoms with E-state index in [1.165, 1.54) is 34.4 Å². The van der Waals surface area contributed by atoms with Gasteiger partial charge in [0.05, 0.1) is 12.4 Å². The molecule has 1 aliphatic rings. The van der Waals surface area contributed by atoms with E-state index in [4.69, 9.17) is 9.97 Å². The van der Waals surface area contributed by atoms with Gasteiger partial charge in [-0.15, -0.1) is 0 Å². The van der Waals surface area contributed by atoms with Gasteiger partial charge in [0.25, 0.3) is 0 Å². The summed E-state index contributed by atoms with van der Waals surface area (Å²) in [5.74, 6) is 0.615. The summed E-state index contributed by atoms with van der Waals surface area (Å²) < 4.78 is 15.7. The highest BCUT2D eigenvalue weighted by molar-refractivity contribution is 5.85. The van der Waals surface area contributed by atoms with E-state index in [0.717, 1.165) is 24.8 Å². The second-order valence-electron chi connectivity index (χ2n) is 10.0. The van der Waals surface area contributed by atoms with Crippen LogP contribution in [0, 0.1) is 5.82 Å². The number of H-pyrrole nitrogens is 1. The largest absolute Gasteiger partial charge is 0.358 e. The van der Waals surface area contributed by atoms with Crippen LogP contribution < -0.4 is 5.32 Å². The first-order valence-corrected chi connectivity index (χ1v) is 11.6. The first-order chi connectivity index (χ1) is 16.4. The minimum Gasteiger partial charge on any atom is -0.358 e. The third kappa shape index (κ3) is 3.50. The number of hydrogen-bond acceptors (Lipinski definition) is 5. The molecule has 2 N–H and O–H groups in total. The maximum absolute atomic E-state index is 13.9. The summed E-state index contributed by atoms with van der Waals surface area (Å²) in [5.41, 5.74) is 5.95. The Kier molecular flexibility index (Phi) is 4.65. The molecule has 0 unspecified atom stereocenters. The highest BCUT2D eigenvalue weighted by atomic mass is 19.1. The van der Waals surface area contributed by atoms with Crippen LogP contribution in [-0.4, -0.2) is 35.6 Å². The molecule has 0 saturated carbocycles. The maximum Gasteiger partial charge on any atom is 0.228 e. The molecule has 7 nitrogen and oxygen atoms in total. The lowest BCUT2D eigenvalue weighted by Crippen LogP contribution is -2.29. The molecule has 0 fully saturated rings. The van der Waals surface area contributed by atoms with E-state index in [1.807, 2.05) is 6.20 Å². The molecule has 1 aliphatic carbocycles. The smallest absolute Gasteiger partial charge is 0.228 e. The van der Waals surface area contributed by atoms with Gasteiger partial charge in [-0.05, 0) is 42.4 Å². The van der Waals surface area contributed by atoms with Crippen LogP contribution in [0.15, 0.2) is 48.9 Å². The average molecular weight is 456 g/mol. The molecule has 0 radical (unpaired) electrons. The molecule has 1 aromatic carbocycles. The molecular formula is C26H26FN7. The van der Waals surface area contributed by atoms with Crippen molar-refractivity contribution in [3.63, 3.8) is 0 Å². The minimum absolute atomic E-state index is 0.158. The van der Waals surface area contributed by atoms with E-state index < -0.39 is 5.82 Å². The topological polar surface area (TPSA) is 83.8 Å². The van der Waals surface area contributed by atoms with Crippen molar-refractivity contribution in [3.8, 4) is 11.4 Å². The molecule has 5 aromatic rings. The van der Waals surface area contributed by atoms with Gasteiger partial charge in [-0.1, -0.05) is 39.0 Å². The number of aryl methyl sites for hydroxylation is 1. The molecule has 172 valence electrons. The van der Waals surface area contributed by atoms with Crippen LogP contribution in [0.5, 0.6) is 0 Å². The Morgan fingerprint density at radius 3 is 2.79 bits per heavy atom. The predicted octanol–water partition coefficient (Wildman–Crippen LogP) is 5.07. The Labute approximate surface area is 196 Å². The first-order valence-electron chi connectivity index (χ1n) is 11.6. The molecule has 0 saturated heterocycles. The van der Waals surface area contributed by atoms with Gasteiger partial charge < -0.3 is 10.3 Å². The summed E-state index contributed by atoms with van der Waals surface area (Å²) in [7, 11) is 0. The fraction of sp³-hybridized carbons (Fsp3) is 0.308. The zero-order valence-corrected chi connectivity index (χ0v) is 19.4. The van der Waals surface area contributed by atoms with Crippen LogP contribution in [0.3, 0.4) is 0 Å². The van der Waals surface area contributed by atoms with Gasteiger partial charge in [0.1, 0.15) is 5.82 Å². The number of pyridine rings is 1. The fourth-order valence-electron chi connectivity index (χ4n) is 4.84. The second-order valence-corrected chi connectivity index (χ2v) is 10.0. The highest BCUT2D eigenvalue weighted by Gasteiger charge is 2.26. The number of rotatable bonds is 3. The van der Waals surface area contributed by atoms with E-state index in [1.54, 1.807) is 10.7 Å². The number of halogens is 1. The summed E-state index contributed by atoms with van der Waals surface area (Å²) in [5, 5.41) is 9.53. The summed E-state index contributed by atoms with van der Waals surface area (Å²) in [6, 6.07) is 10.0. The van der Waals surface area contributed by atoms with Gasteiger partial charge in [0.2, 0.25) is 5.95 Å². The lowest BCUT2D eigenvalue weighted by molar-refractivity contribution is 0.593. The number of nitrogens with zero attached hydrogens (tertiary/aromatic N) is 5. The second kappa shape index (κ2) is 7.62. The Morgan fingerprint density at radius 1 is 1.12 bits per heavy atom. The Bertz CT molecular complexity index is 1530. The van der Waals surface area contributed by atoms with Gasteiger partial charge in [0, 0.05) is 40.0 Å². The minimum atomic E-state index is -0.417. The van der Waals surface area contributed by atoms with Crippen LogP contribution in [0.4, 0.5) is 10.3 Å². The van der Waals surface area contributed by atoms with Crippen LogP contribution >= 0.6 is 0 Å². The molecule has 0 bridgehead atoms. The van der Waals surface area contributed by atoms with Crippen molar-refractivity contribution in [1.82, 2.24) is 29.5 Å². The Morgan fingerprint density at radius 2 is 1.97 bits per heavy atom. The standard InChI is InChI=1S/C26H26FN7/c1-26(2,3)20-14-29-34-24(20)32-23(15-10-16(27)13-28-12-15)33-25(34)30-17-8-9-22-19(11-17)18-6-4-5-7-21(18)31-22/h4-7,10,12-14,17,31H,8-9,11H2,1-3H3,(H,30,32,33)/t17-/m1/s1. The summed E-state index contributed by atoms with van der Waals surface area (Å²) in [4.78, 5) is 17.1. The van der Waals surface area contributed by atoms with E-state index in [0.29, 0.717) is 23.0 Å². The molecule has 0 amide bonds. The Balaban J connectivity index is 1.43. The van der Waals surface area contributed by atoms with Gasteiger partial charge >= 0.3 is 0 Å².